The molecule has 1 atom stereocenters. The predicted molar refractivity (Wildman–Crippen MR) is 66.2 cm³/mol. The molecule has 0 aliphatic carbocycles. The monoisotopic (exact) mass is 292 g/mol. The van der Waals surface area contributed by atoms with Gasteiger partial charge in [0.1, 0.15) is 6.10 Å². The van der Waals surface area contributed by atoms with Crippen molar-refractivity contribution in [3.8, 4) is 0 Å². The van der Waals surface area contributed by atoms with Gasteiger partial charge in [0.05, 0.1) is 0 Å². The maximum atomic E-state index is 12.9. The van der Waals surface area contributed by atoms with Gasteiger partial charge in [0, 0.05) is 0 Å². The quantitative estimate of drug-likeness (QED) is 0.651. The summed E-state index contributed by atoms with van der Waals surface area (Å²) in [5.41, 5.74) is 0.285. The second kappa shape index (κ2) is 6.17. The van der Waals surface area contributed by atoms with E-state index in [2.05, 4.69) is 0 Å². The highest BCUT2D eigenvalue weighted by Gasteiger charge is 2.62. The Balaban J connectivity index is 2.82. The van der Waals surface area contributed by atoms with Crippen LogP contribution in [0.15, 0.2) is 48.1 Å². The zero-order valence-corrected chi connectivity index (χ0v) is 10.5. The number of rotatable bonds is 4. The first-order valence-electron chi connectivity index (χ1n) is 5.69. The molecule has 1 aromatic carbocycles. The lowest BCUT2D eigenvalue weighted by Crippen LogP contribution is -2.47. The summed E-state index contributed by atoms with van der Waals surface area (Å²) in [6, 6.07) is 8.76. The number of hydrogen-bond acceptors (Lipinski definition) is 1. The summed E-state index contributed by atoms with van der Waals surface area (Å²) in [6.45, 7) is 1.01. The van der Waals surface area contributed by atoms with Gasteiger partial charge in [0.25, 0.3) is 0 Å². The first-order valence-corrected chi connectivity index (χ1v) is 5.69. The van der Waals surface area contributed by atoms with Crippen molar-refractivity contribution in [1.29, 1.82) is 0 Å². The Hall–Kier alpha value is -1.69. The van der Waals surface area contributed by atoms with E-state index in [1.54, 1.807) is 30.3 Å². The molecule has 0 spiro atoms. The molecule has 110 valence electrons. The second-order valence-corrected chi connectivity index (χ2v) is 4.20. The van der Waals surface area contributed by atoms with E-state index >= 15 is 0 Å². The maximum Gasteiger partial charge on any atom is 0.456 e. The van der Waals surface area contributed by atoms with Crippen molar-refractivity contribution in [3.05, 3.63) is 53.6 Å². The maximum absolute atomic E-state index is 12.9. The number of hydrogen-bond donors (Lipinski definition) is 1. The van der Waals surface area contributed by atoms with Crippen molar-refractivity contribution in [2.75, 3.05) is 0 Å². The van der Waals surface area contributed by atoms with Crippen LogP contribution in [0.2, 0.25) is 0 Å². The molecule has 1 rings (SSSR count). The van der Waals surface area contributed by atoms with E-state index in [1.165, 1.54) is 12.2 Å². The molecule has 6 heteroatoms. The van der Waals surface area contributed by atoms with Crippen LogP contribution in [-0.2, 0) is 0 Å². The summed E-state index contributed by atoms with van der Waals surface area (Å²) in [5, 5.41) is 9.11. The van der Waals surface area contributed by atoms with Gasteiger partial charge in [-0.25, -0.2) is 0 Å². The molecule has 0 aliphatic heterocycles. The first kappa shape index (κ1) is 16.4. The van der Waals surface area contributed by atoms with Crippen LogP contribution in [0.5, 0.6) is 0 Å². The van der Waals surface area contributed by atoms with Crippen molar-refractivity contribution in [1.82, 2.24) is 0 Å². The van der Waals surface area contributed by atoms with Gasteiger partial charge in [-0.15, -0.1) is 0 Å². The summed E-state index contributed by atoms with van der Waals surface area (Å²) >= 11 is 0. The molecule has 1 aromatic rings. The van der Waals surface area contributed by atoms with Crippen LogP contribution in [0.3, 0.4) is 0 Å². The van der Waals surface area contributed by atoms with E-state index in [-0.39, 0.29) is 0 Å². The van der Waals surface area contributed by atoms with Crippen LogP contribution in [0.1, 0.15) is 12.5 Å². The molecule has 1 N–H and O–H groups in total. The van der Waals surface area contributed by atoms with Gasteiger partial charge in [0.2, 0.25) is 0 Å². The van der Waals surface area contributed by atoms with Gasteiger partial charge < -0.3 is 5.11 Å². The van der Waals surface area contributed by atoms with Crippen molar-refractivity contribution in [2.45, 2.75) is 25.1 Å². The van der Waals surface area contributed by atoms with Gasteiger partial charge in [-0.05, 0) is 18.1 Å². The minimum Gasteiger partial charge on any atom is -0.382 e. The Kier molecular flexibility index (Phi) is 5.05. The third-order valence-electron chi connectivity index (χ3n) is 2.60. The van der Waals surface area contributed by atoms with Crippen LogP contribution < -0.4 is 0 Å². The molecule has 20 heavy (non-hydrogen) atoms. The summed E-state index contributed by atoms with van der Waals surface area (Å²) in [5.74, 6) is -5.17. The largest absolute Gasteiger partial charge is 0.456 e. The molecule has 0 saturated heterocycles. The van der Waals surface area contributed by atoms with Crippen molar-refractivity contribution >= 4 is 6.08 Å². The lowest BCUT2D eigenvalue weighted by Gasteiger charge is -2.25. The minimum absolute atomic E-state index is 0.473. The van der Waals surface area contributed by atoms with E-state index < -0.39 is 23.8 Å². The molecular weight excluding hydrogens is 279 g/mol. The highest BCUT2D eigenvalue weighted by molar-refractivity contribution is 5.51. The van der Waals surface area contributed by atoms with Crippen LogP contribution in [0.4, 0.5) is 22.0 Å². The highest BCUT2D eigenvalue weighted by Crippen LogP contribution is 2.40. The topological polar surface area (TPSA) is 20.2 Å². The standard InChI is InChI=1S/C14H13F5O/c1-10(12(20)13(15,16)14(17,18)19)6-5-9-11-7-3-2-4-8-11/h2-9,12,20H,1H3/b9-5+,10-6+. The third kappa shape index (κ3) is 3.90. The summed E-state index contributed by atoms with van der Waals surface area (Å²) in [4.78, 5) is 0. The number of alkyl halides is 5. The first-order chi connectivity index (χ1) is 9.16. The molecule has 0 heterocycles. The number of halogens is 5. The molecule has 0 aliphatic rings. The normalized spacial score (nSPS) is 15.7. The average Bonchev–Trinajstić information content (AvgIpc) is 2.37. The number of benzene rings is 1. The number of aliphatic hydroxyl groups excluding tert-OH is 1. The Morgan fingerprint density at radius 1 is 1.10 bits per heavy atom. The fourth-order valence-electron chi connectivity index (χ4n) is 1.41. The Morgan fingerprint density at radius 2 is 1.65 bits per heavy atom. The number of aliphatic hydroxyl groups is 1. The van der Waals surface area contributed by atoms with Gasteiger partial charge in [0.15, 0.2) is 0 Å². The molecule has 0 saturated carbocycles. The van der Waals surface area contributed by atoms with E-state index in [0.717, 1.165) is 18.6 Å². The average molecular weight is 292 g/mol. The van der Waals surface area contributed by atoms with Gasteiger partial charge >= 0.3 is 12.1 Å². The van der Waals surface area contributed by atoms with Crippen LogP contribution >= 0.6 is 0 Å². The molecular formula is C14H13F5O. The van der Waals surface area contributed by atoms with Crippen LogP contribution in [0, 0.1) is 0 Å². The fourth-order valence-corrected chi connectivity index (χ4v) is 1.41. The third-order valence-corrected chi connectivity index (χ3v) is 2.60. The van der Waals surface area contributed by atoms with Crippen molar-refractivity contribution in [3.63, 3.8) is 0 Å². The van der Waals surface area contributed by atoms with E-state index in [4.69, 9.17) is 5.11 Å². The van der Waals surface area contributed by atoms with E-state index in [1.807, 2.05) is 0 Å². The number of allylic oxidation sites excluding steroid dienone is 2. The Labute approximate surface area is 113 Å². The molecule has 0 amide bonds. The summed E-state index contributed by atoms with van der Waals surface area (Å²) in [6.07, 6.45) is -4.83. The highest BCUT2D eigenvalue weighted by atomic mass is 19.4. The second-order valence-electron chi connectivity index (χ2n) is 4.20. The molecule has 0 fully saturated rings. The van der Waals surface area contributed by atoms with Crippen molar-refractivity contribution in [2.24, 2.45) is 0 Å². The van der Waals surface area contributed by atoms with Gasteiger partial charge in [-0.1, -0.05) is 48.6 Å². The lowest BCUT2D eigenvalue weighted by molar-refractivity contribution is -0.307. The molecule has 0 radical (unpaired) electrons. The molecule has 1 unspecified atom stereocenters. The van der Waals surface area contributed by atoms with Crippen LogP contribution in [0.25, 0.3) is 6.08 Å². The van der Waals surface area contributed by atoms with Gasteiger partial charge in [-0.2, -0.15) is 22.0 Å². The molecule has 0 bridgehead atoms. The van der Waals surface area contributed by atoms with Gasteiger partial charge in [-0.3, -0.25) is 0 Å². The van der Waals surface area contributed by atoms with Crippen molar-refractivity contribution < 1.29 is 27.1 Å². The van der Waals surface area contributed by atoms with E-state index in [0.29, 0.717) is 0 Å². The lowest BCUT2D eigenvalue weighted by atomic mass is 10.0. The fraction of sp³-hybridized carbons (Fsp3) is 0.286. The zero-order valence-electron chi connectivity index (χ0n) is 10.5. The Bertz CT molecular complexity index is 488. The summed E-state index contributed by atoms with van der Waals surface area (Å²) in [7, 11) is 0. The molecule has 1 nitrogen and oxygen atoms in total. The molecule has 0 aromatic heterocycles. The predicted octanol–water partition coefficient (Wildman–Crippen LogP) is 4.20. The SMILES string of the molecule is C/C(=C\C=C\c1ccccc1)C(O)C(F)(F)C(F)(F)F. The zero-order chi connectivity index (χ0) is 15.4. The van der Waals surface area contributed by atoms with Crippen LogP contribution in [-0.4, -0.2) is 23.3 Å². The van der Waals surface area contributed by atoms with E-state index in [9.17, 15) is 22.0 Å². The smallest absolute Gasteiger partial charge is 0.382 e. The Morgan fingerprint density at radius 3 is 2.15 bits per heavy atom. The minimum atomic E-state index is -5.79. The summed E-state index contributed by atoms with van der Waals surface area (Å²) < 4.78 is 62.0.